The van der Waals surface area contributed by atoms with Gasteiger partial charge in [0, 0.05) is 18.0 Å². The van der Waals surface area contributed by atoms with Crippen molar-refractivity contribution in [3.8, 4) is 23.0 Å². The molecule has 0 saturated heterocycles. The molecule has 0 saturated carbocycles. The summed E-state index contributed by atoms with van der Waals surface area (Å²) in [4.78, 5) is 15.4. The van der Waals surface area contributed by atoms with E-state index in [0.717, 1.165) is 11.3 Å². The number of carboxylic acids is 1. The lowest BCUT2D eigenvalue weighted by Gasteiger charge is -2.12. The molecule has 0 aliphatic rings. The fourth-order valence-electron chi connectivity index (χ4n) is 2.65. The predicted molar refractivity (Wildman–Crippen MR) is 96.8 cm³/mol. The van der Waals surface area contributed by atoms with Crippen molar-refractivity contribution in [3.63, 3.8) is 0 Å². The molecule has 1 heterocycles. The van der Waals surface area contributed by atoms with E-state index in [0.29, 0.717) is 12.1 Å². The molecule has 1 aromatic carbocycles. The molecule has 24 heavy (non-hydrogen) atoms. The van der Waals surface area contributed by atoms with E-state index in [1.807, 2.05) is 32.0 Å². The predicted octanol–water partition coefficient (Wildman–Crippen LogP) is 4.39. The van der Waals surface area contributed by atoms with Gasteiger partial charge in [-0.2, -0.15) is 0 Å². The average molecular weight is 321 g/mol. The van der Waals surface area contributed by atoms with Crippen molar-refractivity contribution in [2.24, 2.45) is 5.92 Å². The summed E-state index contributed by atoms with van der Waals surface area (Å²) in [5.74, 6) is 5.69. The zero-order valence-electron chi connectivity index (χ0n) is 14.7. The molecule has 0 amide bonds. The Kier molecular flexibility index (Phi) is 5.76. The molecule has 2 aromatic rings. The summed E-state index contributed by atoms with van der Waals surface area (Å²) in [6.45, 7) is 8.24. The van der Waals surface area contributed by atoms with Gasteiger partial charge in [0.15, 0.2) is 0 Å². The van der Waals surface area contributed by atoms with Gasteiger partial charge in [-0.1, -0.05) is 38.0 Å². The molecule has 0 fully saturated rings. The van der Waals surface area contributed by atoms with Crippen LogP contribution >= 0.6 is 0 Å². The first-order valence-electron chi connectivity index (χ1n) is 8.17. The van der Waals surface area contributed by atoms with E-state index in [-0.39, 0.29) is 12.3 Å². The molecule has 3 heteroatoms. The molecule has 0 spiro atoms. The van der Waals surface area contributed by atoms with Crippen molar-refractivity contribution in [1.82, 2.24) is 4.98 Å². The number of hydrogen-bond donors (Lipinski definition) is 1. The fourth-order valence-corrected chi connectivity index (χ4v) is 2.65. The second-order valence-corrected chi connectivity index (χ2v) is 6.32. The minimum Gasteiger partial charge on any atom is -0.481 e. The lowest BCUT2D eigenvalue weighted by Crippen LogP contribution is -2.01. The largest absolute Gasteiger partial charge is 0.481 e. The zero-order valence-corrected chi connectivity index (χ0v) is 14.7. The first kappa shape index (κ1) is 17.7. The number of aromatic nitrogens is 1. The summed E-state index contributed by atoms with van der Waals surface area (Å²) in [6.07, 6.45) is 0.477. The van der Waals surface area contributed by atoms with Crippen LogP contribution in [-0.4, -0.2) is 16.1 Å². The Balaban J connectivity index is 2.54. The molecule has 0 aliphatic heterocycles. The monoisotopic (exact) mass is 321 g/mol. The lowest BCUT2D eigenvalue weighted by atomic mass is 9.95. The molecular weight excluding hydrogens is 298 g/mol. The number of aryl methyl sites for hydroxylation is 3. The SMILES string of the molecule is Cc1cccc(C)c1-c1cc(C#CC(C)C)nc(CCC(=O)O)c1. The van der Waals surface area contributed by atoms with Crippen LogP contribution in [0.5, 0.6) is 0 Å². The third-order valence-electron chi connectivity index (χ3n) is 3.73. The summed E-state index contributed by atoms with van der Waals surface area (Å²) < 4.78 is 0. The quantitative estimate of drug-likeness (QED) is 0.850. The molecule has 1 aromatic heterocycles. The van der Waals surface area contributed by atoms with Crippen molar-refractivity contribution in [2.75, 3.05) is 0 Å². The van der Waals surface area contributed by atoms with Gasteiger partial charge in [0.2, 0.25) is 0 Å². The molecule has 0 radical (unpaired) electrons. The standard InChI is InChI=1S/C21H23NO2/c1-14(2)8-9-18-12-17(13-19(22-18)10-11-20(23)24)21-15(3)6-5-7-16(21)4/h5-7,12-14H,10-11H2,1-4H3,(H,23,24). The summed E-state index contributed by atoms with van der Waals surface area (Å²) in [7, 11) is 0. The molecule has 2 rings (SSSR count). The molecule has 124 valence electrons. The van der Waals surface area contributed by atoms with Crippen molar-refractivity contribution in [2.45, 2.75) is 40.5 Å². The number of pyridine rings is 1. The molecule has 0 unspecified atom stereocenters. The fraction of sp³-hybridized carbons (Fsp3) is 0.333. The van der Waals surface area contributed by atoms with Crippen LogP contribution in [0.3, 0.4) is 0 Å². The highest BCUT2D eigenvalue weighted by Gasteiger charge is 2.10. The first-order chi connectivity index (χ1) is 11.4. The molecule has 0 aliphatic carbocycles. The average Bonchev–Trinajstić information content (AvgIpc) is 2.51. The van der Waals surface area contributed by atoms with E-state index in [1.54, 1.807) is 0 Å². The maximum Gasteiger partial charge on any atom is 0.303 e. The smallest absolute Gasteiger partial charge is 0.303 e. The maximum absolute atomic E-state index is 10.9. The van der Waals surface area contributed by atoms with E-state index in [4.69, 9.17) is 5.11 Å². The van der Waals surface area contributed by atoms with E-state index in [1.165, 1.54) is 16.7 Å². The Bertz CT molecular complexity index is 790. The van der Waals surface area contributed by atoms with Crippen LogP contribution in [-0.2, 0) is 11.2 Å². The van der Waals surface area contributed by atoms with E-state index < -0.39 is 5.97 Å². The third kappa shape index (κ3) is 4.70. The minimum absolute atomic E-state index is 0.0697. The van der Waals surface area contributed by atoms with Crippen molar-refractivity contribution in [1.29, 1.82) is 0 Å². The number of carbonyl (C=O) groups is 1. The summed E-state index contributed by atoms with van der Waals surface area (Å²) in [5, 5.41) is 8.94. The van der Waals surface area contributed by atoms with Gasteiger partial charge < -0.3 is 5.11 Å². The van der Waals surface area contributed by atoms with Gasteiger partial charge >= 0.3 is 5.97 Å². The van der Waals surface area contributed by atoms with Crippen LogP contribution < -0.4 is 0 Å². The van der Waals surface area contributed by atoms with Gasteiger partial charge in [-0.25, -0.2) is 4.98 Å². The van der Waals surface area contributed by atoms with Crippen LogP contribution in [0.15, 0.2) is 30.3 Å². The Hall–Kier alpha value is -2.60. The van der Waals surface area contributed by atoms with Gasteiger partial charge in [0.25, 0.3) is 0 Å². The summed E-state index contributed by atoms with van der Waals surface area (Å²) in [6, 6.07) is 10.2. The van der Waals surface area contributed by atoms with Crippen LogP contribution in [0.25, 0.3) is 11.1 Å². The van der Waals surface area contributed by atoms with Gasteiger partial charge in [-0.15, -0.1) is 0 Å². The highest BCUT2D eigenvalue weighted by molar-refractivity contribution is 5.72. The number of rotatable bonds is 4. The van der Waals surface area contributed by atoms with Crippen molar-refractivity contribution in [3.05, 3.63) is 52.8 Å². The Morgan fingerprint density at radius 2 is 1.88 bits per heavy atom. The normalized spacial score (nSPS) is 10.4. The van der Waals surface area contributed by atoms with Gasteiger partial charge in [-0.05, 0) is 54.2 Å². The number of aliphatic carboxylic acids is 1. The highest BCUT2D eigenvalue weighted by Crippen LogP contribution is 2.28. The van der Waals surface area contributed by atoms with E-state index in [2.05, 4.69) is 42.8 Å². The third-order valence-corrected chi connectivity index (χ3v) is 3.73. The van der Waals surface area contributed by atoms with Crippen LogP contribution in [0.2, 0.25) is 0 Å². The molecule has 0 atom stereocenters. The number of benzene rings is 1. The number of carboxylic acid groups (broad SMARTS) is 1. The lowest BCUT2D eigenvalue weighted by molar-refractivity contribution is -0.136. The topological polar surface area (TPSA) is 50.2 Å². The first-order valence-corrected chi connectivity index (χ1v) is 8.17. The van der Waals surface area contributed by atoms with Crippen molar-refractivity contribution < 1.29 is 9.90 Å². The minimum atomic E-state index is -0.816. The Labute approximate surface area is 143 Å². The van der Waals surface area contributed by atoms with E-state index in [9.17, 15) is 4.79 Å². The van der Waals surface area contributed by atoms with Crippen molar-refractivity contribution >= 4 is 5.97 Å². The number of hydrogen-bond acceptors (Lipinski definition) is 2. The van der Waals surface area contributed by atoms with E-state index >= 15 is 0 Å². The summed E-state index contributed by atoms with van der Waals surface area (Å²) in [5.41, 5.74) is 6.06. The van der Waals surface area contributed by atoms with Crippen LogP contribution in [0, 0.1) is 31.6 Å². The molecule has 1 N–H and O–H groups in total. The Morgan fingerprint density at radius 3 is 2.46 bits per heavy atom. The second kappa shape index (κ2) is 7.79. The number of nitrogens with zero attached hydrogens (tertiary/aromatic N) is 1. The van der Waals surface area contributed by atoms with Crippen LogP contribution in [0.1, 0.15) is 42.8 Å². The van der Waals surface area contributed by atoms with Crippen LogP contribution in [0.4, 0.5) is 0 Å². The maximum atomic E-state index is 10.9. The summed E-state index contributed by atoms with van der Waals surface area (Å²) >= 11 is 0. The molecule has 3 nitrogen and oxygen atoms in total. The zero-order chi connectivity index (χ0) is 17.7. The highest BCUT2D eigenvalue weighted by atomic mass is 16.4. The van der Waals surface area contributed by atoms with Gasteiger partial charge in [-0.3, -0.25) is 4.79 Å². The Morgan fingerprint density at radius 1 is 1.21 bits per heavy atom. The molecular formula is C21H23NO2. The molecule has 0 bridgehead atoms. The second-order valence-electron chi connectivity index (χ2n) is 6.32. The van der Waals surface area contributed by atoms with Gasteiger partial charge in [0.05, 0.1) is 6.42 Å². The van der Waals surface area contributed by atoms with Gasteiger partial charge in [0.1, 0.15) is 5.69 Å².